The van der Waals surface area contributed by atoms with Crippen LogP contribution in [0.3, 0.4) is 0 Å². The van der Waals surface area contributed by atoms with Crippen molar-refractivity contribution in [1.82, 2.24) is 4.98 Å². The molecule has 0 fully saturated rings. The quantitative estimate of drug-likeness (QED) is 0.883. The van der Waals surface area contributed by atoms with Crippen molar-refractivity contribution >= 4 is 11.5 Å². The van der Waals surface area contributed by atoms with Crippen molar-refractivity contribution in [2.24, 2.45) is 10.7 Å². The Morgan fingerprint density at radius 3 is 2.79 bits per heavy atom. The van der Waals surface area contributed by atoms with Gasteiger partial charge in [-0.2, -0.15) is 0 Å². The second kappa shape index (κ2) is 4.74. The number of fused-ring (bicyclic) bond motifs is 1. The Morgan fingerprint density at radius 2 is 2.05 bits per heavy atom. The lowest BCUT2D eigenvalue weighted by Gasteiger charge is -2.16. The number of benzene rings is 1. The number of aromatic nitrogens is 1. The maximum atomic E-state index is 12.0. The Morgan fingerprint density at radius 1 is 1.16 bits per heavy atom. The normalized spacial score (nSPS) is 13.9. The average molecular weight is 251 g/mol. The molecule has 0 unspecified atom stereocenters. The highest BCUT2D eigenvalue weighted by Gasteiger charge is 2.20. The van der Waals surface area contributed by atoms with Gasteiger partial charge in [0.15, 0.2) is 5.78 Å². The molecule has 4 heteroatoms. The van der Waals surface area contributed by atoms with E-state index < -0.39 is 0 Å². The smallest absolute Gasteiger partial charge is 0.184 e. The molecule has 0 saturated carbocycles. The molecular weight excluding hydrogens is 238 g/mol. The summed E-state index contributed by atoms with van der Waals surface area (Å²) in [6.45, 7) is 0.536. The maximum absolute atomic E-state index is 12.0. The van der Waals surface area contributed by atoms with Gasteiger partial charge in [-0.1, -0.05) is 18.2 Å². The minimum atomic E-state index is 0.0324. The van der Waals surface area contributed by atoms with Crippen LogP contribution in [0.2, 0.25) is 0 Å². The Bertz CT molecular complexity index is 662. The third-order valence-electron chi connectivity index (χ3n) is 3.20. The first-order valence-corrected chi connectivity index (χ1v) is 6.12. The van der Waals surface area contributed by atoms with Crippen LogP contribution in [-0.4, -0.2) is 29.6 Å². The lowest BCUT2D eigenvalue weighted by atomic mass is 9.93. The molecule has 2 heterocycles. The van der Waals surface area contributed by atoms with E-state index in [0.717, 1.165) is 22.5 Å². The molecule has 1 aliphatic rings. The molecule has 0 atom stereocenters. The highest BCUT2D eigenvalue weighted by molar-refractivity contribution is 6.16. The van der Waals surface area contributed by atoms with Gasteiger partial charge in [0.25, 0.3) is 0 Å². The molecule has 4 nitrogen and oxygen atoms in total. The molecule has 94 valence electrons. The zero-order valence-corrected chi connectivity index (χ0v) is 10.3. The molecule has 1 aromatic carbocycles. The van der Waals surface area contributed by atoms with Gasteiger partial charge in [-0.3, -0.25) is 14.8 Å². The van der Waals surface area contributed by atoms with Crippen molar-refractivity contribution < 1.29 is 4.79 Å². The molecule has 0 spiro atoms. The summed E-state index contributed by atoms with van der Waals surface area (Å²) in [4.78, 5) is 20.5. The molecule has 0 amide bonds. The maximum Gasteiger partial charge on any atom is 0.184 e. The van der Waals surface area contributed by atoms with E-state index in [-0.39, 0.29) is 12.3 Å². The number of aliphatic imine (C=N–C) groups is 1. The van der Waals surface area contributed by atoms with Crippen molar-refractivity contribution in [2.45, 2.75) is 0 Å². The van der Waals surface area contributed by atoms with Crippen LogP contribution in [0.1, 0.15) is 15.9 Å². The summed E-state index contributed by atoms with van der Waals surface area (Å²) in [6.07, 6.45) is 1.74. The Kier molecular flexibility index (Phi) is 2.93. The largest absolute Gasteiger partial charge is 0.325 e. The van der Waals surface area contributed by atoms with E-state index in [9.17, 15) is 4.79 Å². The third-order valence-corrected chi connectivity index (χ3v) is 3.20. The number of ketones is 1. The van der Waals surface area contributed by atoms with Gasteiger partial charge in [0.05, 0.1) is 11.4 Å². The second-order valence-corrected chi connectivity index (χ2v) is 4.37. The van der Waals surface area contributed by atoms with E-state index >= 15 is 0 Å². The number of carbonyl (C=O) groups is 1. The van der Waals surface area contributed by atoms with Crippen molar-refractivity contribution in [1.29, 1.82) is 0 Å². The summed E-state index contributed by atoms with van der Waals surface area (Å²) in [5, 5.41) is 0. The van der Waals surface area contributed by atoms with Gasteiger partial charge in [-0.15, -0.1) is 0 Å². The minimum Gasteiger partial charge on any atom is -0.325 e. The lowest BCUT2D eigenvalue weighted by Crippen LogP contribution is -2.24. The highest BCUT2D eigenvalue weighted by Crippen LogP contribution is 2.23. The molecular formula is C15H13N3O. The Hall–Kier alpha value is -2.33. The van der Waals surface area contributed by atoms with Crippen LogP contribution < -0.4 is 5.73 Å². The number of nitrogens with zero attached hydrogens (tertiary/aromatic N) is 2. The summed E-state index contributed by atoms with van der Waals surface area (Å²) >= 11 is 0. The zero-order valence-electron chi connectivity index (χ0n) is 10.3. The van der Waals surface area contributed by atoms with Gasteiger partial charge >= 0.3 is 0 Å². The van der Waals surface area contributed by atoms with Gasteiger partial charge in [-0.25, -0.2) is 0 Å². The first-order valence-electron chi connectivity index (χ1n) is 6.12. The Labute approximate surface area is 111 Å². The van der Waals surface area contributed by atoms with Gasteiger partial charge in [0, 0.05) is 29.4 Å². The molecule has 2 N–H and O–H groups in total. The molecule has 3 rings (SSSR count). The third kappa shape index (κ3) is 2.06. The van der Waals surface area contributed by atoms with E-state index in [2.05, 4.69) is 9.98 Å². The fraction of sp³-hybridized carbons (Fsp3) is 0.133. The summed E-state index contributed by atoms with van der Waals surface area (Å²) < 4.78 is 0. The summed E-state index contributed by atoms with van der Waals surface area (Å²) in [5.41, 5.74) is 9.78. The molecule has 1 aromatic heterocycles. The number of hydrogen-bond acceptors (Lipinski definition) is 4. The van der Waals surface area contributed by atoms with E-state index in [1.165, 1.54) is 0 Å². The highest BCUT2D eigenvalue weighted by atomic mass is 16.1. The van der Waals surface area contributed by atoms with Gasteiger partial charge in [0.1, 0.15) is 6.54 Å². The van der Waals surface area contributed by atoms with E-state index in [0.29, 0.717) is 12.1 Å². The predicted molar refractivity (Wildman–Crippen MR) is 74.5 cm³/mol. The van der Waals surface area contributed by atoms with E-state index in [1.54, 1.807) is 6.20 Å². The zero-order chi connectivity index (χ0) is 13.2. The monoisotopic (exact) mass is 251 g/mol. The molecule has 0 radical (unpaired) electrons. The molecule has 0 aliphatic carbocycles. The number of Topliss-reactive ketones (excluding diaryl/α,β-unsaturated/α-hetero) is 1. The first kappa shape index (κ1) is 11.7. The molecule has 2 aromatic rings. The summed E-state index contributed by atoms with van der Waals surface area (Å²) in [5.74, 6) is 0.0324. The van der Waals surface area contributed by atoms with Crippen LogP contribution in [0.15, 0.2) is 47.6 Å². The van der Waals surface area contributed by atoms with E-state index in [1.807, 2.05) is 36.4 Å². The van der Waals surface area contributed by atoms with Crippen LogP contribution >= 0.6 is 0 Å². The lowest BCUT2D eigenvalue weighted by molar-refractivity contribution is 0.1000. The fourth-order valence-electron chi connectivity index (χ4n) is 2.23. The van der Waals surface area contributed by atoms with E-state index in [4.69, 9.17) is 5.73 Å². The van der Waals surface area contributed by atoms with Crippen LogP contribution in [-0.2, 0) is 0 Å². The summed E-state index contributed by atoms with van der Waals surface area (Å²) in [6, 6.07) is 11.5. The van der Waals surface area contributed by atoms with Crippen molar-refractivity contribution in [2.75, 3.05) is 13.1 Å². The van der Waals surface area contributed by atoms with Crippen molar-refractivity contribution in [3.63, 3.8) is 0 Å². The molecule has 1 aliphatic heterocycles. The standard InChI is InChI=1S/C15H13N3O/c16-8-14-11-5-4-10(13-3-1-2-6-17-13)7-12(11)15(19)9-18-14/h1-7H,8-9,16H2. The molecule has 0 bridgehead atoms. The molecule has 19 heavy (non-hydrogen) atoms. The second-order valence-electron chi connectivity index (χ2n) is 4.37. The average Bonchev–Trinajstić information content (AvgIpc) is 2.48. The van der Waals surface area contributed by atoms with Crippen molar-refractivity contribution in [3.8, 4) is 11.3 Å². The molecule has 0 saturated heterocycles. The van der Waals surface area contributed by atoms with Crippen LogP contribution in [0.25, 0.3) is 11.3 Å². The summed E-state index contributed by atoms with van der Waals surface area (Å²) in [7, 11) is 0. The fourth-order valence-corrected chi connectivity index (χ4v) is 2.23. The number of rotatable bonds is 2. The first-order chi connectivity index (χ1) is 9.29. The predicted octanol–water partition coefficient (Wildman–Crippen LogP) is 1.69. The minimum absolute atomic E-state index is 0.0324. The van der Waals surface area contributed by atoms with Gasteiger partial charge in [-0.05, 0) is 18.2 Å². The van der Waals surface area contributed by atoms with Crippen LogP contribution in [0.4, 0.5) is 0 Å². The number of pyridine rings is 1. The van der Waals surface area contributed by atoms with Crippen LogP contribution in [0.5, 0.6) is 0 Å². The number of hydrogen-bond donors (Lipinski definition) is 1. The van der Waals surface area contributed by atoms with Gasteiger partial charge in [0.2, 0.25) is 0 Å². The van der Waals surface area contributed by atoms with Crippen LogP contribution in [0, 0.1) is 0 Å². The Balaban J connectivity index is 2.12. The SMILES string of the molecule is NCC1=NCC(=O)c2cc(-c3ccccn3)ccc21. The van der Waals surface area contributed by atoms with Crippen molar-refractivity contribution in [3.05, 3.63) is 53.7 Å². The number of carbonyl (C=O) groups excluding carboxylic acids is 1. The topological polar surface area (TPSA) is 68.3 Å². The van der Waals surface area contributed by atoms with Gasteiger partial charge < -0.3 is 5.73 Å². The number of nitrogens with two attached hydrogens (primary N) is 1.